The first-order chi connectivity index (χ1) is 12.7. The van der Waals surface area contributed by atoms with Crippen LogP contribution in [0, 0.1) is 17.2 Å². The number of piperidine rings is 1. The normalized spacial score (nSPS) is 22.9. The first kappa shape index (κ1) is 16.5. The van der Waals surface area contributed by atoms with Gasteiger partial charge in [0, 0.05) is 43.7 Å². The highest BCUT2D eigenvalue weighted by Crippen LogP contribution is 2.43. The van der Waals surface area contributed by atoms with E-state index in [1.54, 1.807) is 10.9 Å². The summed E-state index contributed by atoms with van der Waals surface area (Å²) in [5.74, 6) is 1.08. The smallest absolute Gasteiger partial charge is 0.223 e. The summed E-state index contributed by atoms with van der Waals surface area (Å²) in [6, 6.07) is 2.38. The molecule has 1 N–H and O–H groups in total. The maximum atomic E-state index is 12.6. The molecular formula is C18H21N7O. The van der Waals surface area contributed by atoms with Crippen molar-refractivity contribution in [3.63, 3.8) is 0 Å². The molecule has 2 atom stereocenters. The van der Waals surface area contributed by atoms with Gasteiger partial charge in [-0.1, -0.05) is 0 Å². The Balaban J connectivity index is 1.56. The molecule has 1 amide bonds. The second-order valence-corrected chi connectivity index (χ2v) is 7.01. The van der Waals surface area contributed by atoms with E-state index in [9.17, 15) is 4.79 Å². The molecular weight excluding hydrogens is 330 g/mol. The minimum atomic E-state index is 0.0251. The van der Waals surface area contributed by atoms with Crippen LogP contribution in [-0.2, 0) is 11.8 Å². The highest BCUT2D eigenvalue weighted by atomic mass is 16.2. The number of hydrogen-bond donors (Lipinski definition) is 1. The van der Waals surface area contributed by atoms with Gasteiger partial charge in [-0.25, -0.2) is 4.98 Å². The van der Waals surface area contributed by atoms with E-state index in [2.05, 4.69) is 25.3 Å². The Morgan fingerprint density at radius 1 is 1.31 bits per heavy atom. The molecule has 0 aromatic carbocycles. The van der Waals surface area contributed by atoms with Gasteiger partial charge in [-0.05, 0) is 19.3 Å². The zero-order chi connectivity index (χ0) is 18.1. The fraction of sp³-hybridized carbons (Fsp3) is 0.500. The summed E-state index contributed by atoms with van der Waals surface area (Å²) in [5, 5.41) is 16.6. The summed E-state index contributed by atoms with van der Waals surface area (Å²) in [4.78, 5) is 22.9. The Morgan fingerprint density at radius 2 is 2.15 bits per heavy atom. The van der Waals surface area contributed by atoms with Crippen molar-refractivity contribution in [1.82, 2.24) is 24.6 Å². The average molecular weight is 351 g/mol. The fourth-order valence-electron chi connectivity index (χ4n) is 3.74. The molecule has 2 aliphatic rings. The van der Waals surface area contributed by atoms with Crippen molar-refractivity contribution in [2.24, 2.45) is 13.0 Å². The van der Waals surface area contributed by atoms with E-state index in [-0.39, 0.29) is 23.6 Å². The van der Waals surface area contributed by atoms with Crippen molar-refractivity contribution in [1.29, 1.82) is 5.26 Å². The molecule has 1 saturated carbocycles. The first-order valence-corrected chi connectivity index (χ1v) is 8.91. The lowest BCUT2D eigenvalue weighted by molar-refractivity contribution is -0.139. The lowest BCUT2D eigenvalue weighted by Gasteiger charge is -2.41. The Hall–Kier alpha value is -2.95. The molecule has 1 aliphatic heterocycles. The van der Waals surface area contributed by atoms with Crippen LogP contribution in [0.2, 0.25) is 0 Å². The van der Waals surface area contributed by atoms with Crippen molar-refractivity contribution < 1.29 is 4.79 Å². The molecule has 3 heterocycles. The summed E-state index contributed by atoms with van der Waals surface area (Å²) in [6.45, 7) is 0.666. The zero-order valence-corrected chi connectivity index (χ0v) is 14.7. The molecule has 1 aliphatic carbocycles. The predicted molar refractivity (Wildman–Crippen MR) is 93.8 cm³/mol. The highest BCUT2D eigenvalue weighted by molar-refractivity contribution is 5.78. The Labute approximate surface area is 151 Å². The summed E-state index contributed by atoms with van der Waals surface area (Å²) >= 11 is 0. The molecule has 2 aromatic rings. The lowest BCUT2D eigenvalue weighted by atomic mass is 9.85. The summed E-state index contributed by atoms with van der Waals surface area (Å²) in [7, 11) is 1.89. The van der Waals surface area contributed by atoms with Gasteiger partial charge in [0.15, 0.2) is 5.69 Å². The van der Waals surface area contributed by atoms with Crippen LogP contribution in [-0.4, -0.2) is 43.1 Å². The Bertz CT molecular complexity index is 851. The molecule has 2 fully saturated rings. The van der Waals surface area contributed by atoms with Crippen LogP contribution in [0.4, 0.5) is 5.82 Å². The topological polar surface area (TPSA) is 99.7 Å². The van der Waals surface area contributed by atoms with Gasteiger partial charge in [0.25, 0.3) is 0 Å². The first-order valence-electron chi connectivity index (χ1n) is 8.91. The van der Waals surface area contributed by atoms with Gasteiger partial charge < -0.3 is 10.2 Å². The second kappa shape index (κ2) is 6.75. The molecule has 0 radical (unpaired) electrons. The largest absolute Gasteiger partial charge is 0.368 e. The van der Waals surface area contributed by atoms with Crippen LogP contribution in [0.1, 0.15) is 43.0 Å². The molecule has 0 bridgehead atoms. The maximum Gasteiger partial charge on any atom is 0.223 e. The minimum Gasteiger partial charge on any atom is -0.368 e. The van der Waals surface area contributed by atoms with E-state index < -0.39 is 0 Å². The van der Waals surface area contributed by atoms with Gasteiger partial charge in [0.1, 0.15) is 11.9 Å². The number of carbonyl (C=O) groups excluding carboxylic acids is 1. The number of hydrogen-bond acceptors (Lipinski definition) is 6. The zero-order valence-electron chi connectivity index (χ0n) is 14.7. The predicted octanol–water partition coefficient (Wildman–Crippen LogP) is 1.64. The van der Waals surface area contributed by atoms with Gasteiger partial charge in [-0.15, -0.1) is 0 Å². The van der Waals surface area contributed by atoms with Gasteiger partial charge in [0.2, 0.25) is 5.91 Å². The molecule has 0 spiro atoms. The van der Waals surface area contributed by atoms with Gasteiger partial charge in [-0.3, -0.25) is 14.5 Å². The lowest BCUT2D eigenvalue weighted by Crippen LogP contribution is -2.46. The minimum absolute atomic E-state index is 0.0251. The number of nitrogens with one attached hydrogen (secondary N) is 1. The van der Waals surface area contributed by atoms with Crippen LogP contribution in [0.15, 0.2) is 24.8 Å². The molecule has 4 rings (SSSR count). The molecule has 1 saturated heterocycles. The number of nitriles is 1. The summed E-state index contributed by atoms with van der Waals surface area (Å²) in [6.07, 6.45) is 10.5. The number of aromatic nitrogens is 4. The quantitative estimate of drug-likeness (QED) is 0.879. The molecule has 8 nitrogen and oxygen atoms in total. The number of nitrogens with zero attached hydrogens (tertiary/aromatic N) is 6. The van der Waals surface area contributed by atoms with E-state index in [0.29, 0.717) is 24.8 Å². The summed E-state index contributed by atoms with van der Waals surface area (Å²) in [5.41, 5.74) is 1.37. The molecule has 26 heavy (non-hydrogen) atoms. The third kappa shape index (κ3) is 3.25. The van der Waals surface area contributed by atoms with E-state index >= 15 is 0 Å². The van der Waals surface area contributed by atoms with Gasteiger partial charge >= 0.3 is 0 Å². The van der Waals surface area contributed by atoms with Crippen molar-refractivity contribution in [2.45, 2.75) is 37.8 Å². The van der Waals surface area contributed by atoms with Crippen molar-refractivity contribution in [3.8, 4) is 6.07 Å². The number of amides is 1. The van der Waals surface area contributed by atoms with Crippen LogP contribution in [0.25, 0.3) is 0 Å². The molecule has 134 valence electrons. The Kier molecular flexibility index (Phi) is 4.29. The third-order valence-corrected chi connectivity index (χ3v) is 5.06. The highest BCUT2D eigenvalue weighted by Gasteiger charge is 2.44. The third-order valence-electron chi connectivity index (χ3n) is 5.06. The molecule has 8 heteroatoms. The average Bonchev–Trinajstić information content (AvgIpc) is 3.40. The standard InChI is InChI=1S/C18H21N7O/c1-24-11-13(8-22-24)18-12(2-5-17(26)25(18)15-3-4-15)7-21-16-10-20-9-14(6-19)23-16/h8-12,15,18H,2-5,7H2,1H3,(H,21,23)/t12-,18+/m1/s1. The SMILES string of the molecule is Cn1cc([C@@H]2[C@@H](CNc3cncc(C#N)n3)CCC(=O)N2C2CC2)cn1. The van der Waals surface area contributed by atoms with Gasteiger partial charge in [-0.2, -0.15) is 10.4 Å². The number of anilines is 1. The van der Waals surface area contributed by atoms with E-state index in [1.807, 2.05) is 25.5 Å². The van der Waals surface area contributed by atoms with Crippen LogP contribution >= 0.6 is 0 Å². The number of carbonyl (C=O) groups is 1. The van der Waals surface area contributed by atoms with Crippen LogP contribution in [0.5, 0.6) is 0 Å². The fourth-order valence-corrected chi connectivity index (χ4v) is 3.74. The number of aryl methyl sites for hydroxylation is 1. The molecule has 0 unspecified atom stereocenters. The molecule has 2 aromatic heterocycles. The van der Waals surface area contributed by atoms with Gasteiger partial charge in [0.05, 0.1) is 24.6 Å². The number of rotatable bonds is 5. The van der Waals surface area contributed by atoms with E-state index in [0.717, 1.165) is 24.8 Å². The van der Waals surface area contributed by atoms with E-state index in [4.69, 9.17) is 5.26 Å². The number of likely N-dealkylation sites (tertiary alicyclic amines) is 1. The van der Waals surface area contributed by atoms with Crippen molar-refractivity contribution in [3.05, 3.63) is 36.0 Å². The Morgan fingerprint density at radius 3 is 2.85 bits per heavy atom. The summed E-state index contributed by atoms with van der Waals surface area (Å²) < 4.78 is 1.78. The van der Waals surface area contributed by atoms with Crippen molar-refractivity contribution >= 4 is 11.7 Å². The monoisotopic (exact) mass is 351 g/mol. The maximum absolute atomic E-state index is 12.6. The van der Waals surface area contributed by atoms with Crippen LogP contribution in [0.3, 0.4) is 0 Å². The van der Waals surface area contributed by atoms with Crippen molar-refractivity contribution in [2.75, 3.05) is 11.9 Å². The van der Waals surface area contributed by atoms with E-state index in [1.165, 1.54) is 6.20 Å². The second-order valence-electron chi connectivity index (χ2n) is 7.01. The van der Waals surface area contributed by atoms with Crippen LogP contribution < -0.4 is 5.32 Å².